The number of nitrogens with zero attached hydrogens (tertiary/aromatic N) is 4. The lowest BCUT2D eigenvalue weighted by Gasteiger charge is -2.25. The maximum atomic E-state index is 9.44. The Morgan fingerprint density at radius 3 is 2.67 bits per heavy atom. The minimum Gasteiger partial charge on any atom is -0.337 e. The Balaban J connectivity index is 1.97. The van der Waals surface area contributed by atoms with E-state index in [1.54, 1.807) is 6.20 Å². The predicted octanol–water partition coefficient (Wildman–Crippen LogP) is 1.62. The first-order chi connectivity index (χ1) is 10.0. The summed E-state index contributed by atoms with van der Waals surface area (Å²) in [7, 11) is 3.99. The second-order valence-corrected chi connectivity index (χ2v) is 5.39. The van der Waals surface area contributed by atoms with Gasteiger partial charge in [0.15, 0.2) is 0 Å². The van der Waals surface area contributed by atoms with E-state index in [1.165, 1.54) is 0 Å². The maximum absolute atomic E-state index is 9.44. The van der Waals surface area contributed by atoms with Crippen LogP contribution in [-0.2, 0) is 19.1 Å². The van der Waals surface area contributed by atoms with E-state index in [0.29, 0.717) is 6.42 Å². The van der Waals surface area contributed by atoms with Crippen LogP contribution in [0.15, 0.2) is 42.7 Å². The molecule has 0 amide bonds. The van der Waals surface area contributed by atoms with Crippen molar-refractivity contribution in [1.29, 1.82) is 5.26 Å². The molecule has 0 fully saturated rings. The van der Waals surface area contributed by atoms with E-state index in [0.717, 1.165) is 24.5 Å². The zero-order valence-corrected chi connectivity index (χ0v) is 12.5. The lowest BCUT2D eigenvalue weighted by Crippen LogP contribution is -2.38. The molecule has 5 heteroatoms. The molecule has 0 radical (unpaired) electrons. The fraction of sp³-hybridized carbons (Fsp3) is 0.375. The zero-order valence-electron chi connectivity index (χ0n) is 12.5. The molecule has 0 saturated carbocycles. The number of nitrogens with two attached hydrogens (primary N) is 1. The van der Waals surface area contributed by atoms with Crippen LogP contribution in [0.1, 0.15) is 17.8 Å². The van der Waals surface area contributed by atoms with Crippen molar-refractivity contribution >= 4 is 0 Å². The highest BCUT2D eigenvalue weighted by atomic mass is 15.1. The van der Waals surface area contributed by atoms with Crippen molar-refractivity contribution in [3.05, 3.63) is 54.1 Å². The third-order valence-electron chi connectivity index (χ3n) is 3.71. The molecule has 1 heterocycles. The van der Waals surface area contributed by atoms with Gasteiger partial charge in [0, 0.05) is 26.0 Å². The summed E-state index contributed by atoms with van der Waals surface area (Å²) in [4.78, 5) is 6.43. The molecule has 1 unspecified atom stereocenters. The van der Waals surface area contributed by atoms with Crippen LogP contribution >= 0.6 is 0 Å². The summed E-state index contributed by atoms with van der Waals surface area (Å²) in [5.74, 6) is 0.997. The summed E-state index contributed by atoms with van der Waals surface area (Å²) in [6.07, 6.45) is 4.29. The van der Waals surface area contributed by atoms with Crippen LogP contribution in [0.3, 0.4) is 0 Å². The molecule has 21 heavy (non-hydrogen) atoms. The summed E-state index contributed by atoms with van der Waals surface area (Å²) in [6.45, 7) is 1.46. The van der Waals surface area contributed by atoms with Crippen molar-refractivity contribution in [3.63, 3.8) is 0 Å². The van der Waals surface area contributed by atoms with E-state index in [-0.39, 0.29) is 0 Å². The van der Waals surface area contributed by atoms with Gasteiger partial charge in [-0.3, -0.25) is 4.90 Å². The first-order valence-corrected chi connectivity index (χ1v) is 6.95. The van der Waals surface area contributed by atoms with Crippen molar-refractivity contribution in [2.75, 3.05) is 13.6 Å². The van der Waals surface area contributed by atoms with Gasteiger partial charge in [0.05, 0.1) is 12.6 Å². The molecule has 1 atom stereocenters. The number of hydrogen-bond acceptors (Lipinski definition) is 4. The van der Waals surface area contributed by atoms with Gasteiger partial charge >= 0.3 is 0 Å². The first kappa shape index (κ1) is 15.2. The molecule has 0 aliphatic carbocycles. The van der Waals surface area contributed by atoms with Gasteiger partial charge in [-0.05, 0) is 19.0 Å². The Morgan fingerprint density at radius 1 is 1.38 bits per heavy atom. The van der Waals surface area contributed by atoms with Gasteiger partial charge in [-0.15, -0.1) is 0 Å². The molecule has 1 aromatic heterocycles. The van der Waals surface area contributed by atoms with E-state index >= 15 is 0 Å². The van der Waals surface area contributed by atoms with E-state index in [2.05, 4.69) is 16.0 Å². The normalized spacial score (nSPS) is 13.9. The average Bonchev–Trinajstić information content (AvgIpc) is 2.91. The van der Waals surface area contributed by atoms with Crippen molar-refractivity contribution in [2.24, 2.45) is 12.8 Å². The molecule has 2 aromatic rings. The zero-order chi connectivity index (χ0) is 15.3. The van der Waals surface area contributed by atoms with Crippen molar-refractivity contribution in [3.8, 4) is 6.07 Å². The Kier molecular flexibility index (Phi) is 4.73. The number of aryl methyl sites for hydroxylation is 1. The van der Waals surface area contributed by atoms with E-state index in [1.807, 2.05) is 55.2 Å². The van der Waals surface area contributed by atoms with Crippen LogP contribution < -0.4 is 5.73 Å². The SMILES string of the molecule is CN(CCC(N)(C#N)c1ccccc1)Cc1nccn1C. The smallest absolute Gasteiger partial charge is 0.131 e. The minimum atomic E-state index is -0.947. The number of hydrogen-bond donors (Lipinski definition) is 1. The molecule has 0 aliphatic heterocycles. The lowest BCUT2D eigenvalue weighted by molar-refractivity contribution is 0.287. The highest BCUT2D eigenvalue weighted by Gasteiger charge is 2.27. The first-order valence-electron chi connectivity index (χ1n) is 6.95. The maximum Gasteiger partial charge on any atom is 0.131 e. The largest absolute Gasteiger partial charge is 0.337 e. The highest BCUT2D eigenvalue weighted by molar-refractivity contribution is 5.30. The summed E-state index contributed by atoms with van der Waals surface area (Å²) in [5.41, 5.74) is 6.17. The van der Waals surface area contributed by atoms with E-state index < -0.39 is 5.54 Å². The number of imidazole rings is 1. The van der Waals surface area contributed by atoms with Crippen LogP contribution in [0.4, 0.5) is 0 Å². The number of benzene rings is 1. The monoisotopic (exact) mass is 283 g/mol. The quantitative estimate of drug-likeness (QED) is 0.874. The second kappa shape index (κ2) is 6.53. The molecule has 0 bridgehead atoms. The van der Waals surface area contributed by atoms with Crippen LogP contribution in [0.2, 0.25) is 0 Å². The molecule has 110 valence electrons. The lowest BCUT2D eigenvalue weighted by atomic mass is 9.89. The van der Waals surface area contributed by atoms with Gasteiger partial charge in [0.2, 0.25) is 0 Å². The second-order valence-electron chi connectivity index (χ2n) is 5.39. The van der Waals surface area contributed by atoms with Crippen LogP contribution in [0, 0.1) is 11.3 Å². The highest BCUT2D eigenvalue weighted by Crippen LogP contribution is 2.21. The molecule has 2 N–H and O–H groups in total. The fourth-order valence-corrected chi connectivity index (χ4v) is 2.24. The van der Waals surface area contributed by atoms with Gasteiger partial charge in [-0.2, -0.15) is 5.26 Å². The number of nitriles is 1. The van der Waals surface area contributed by atoms with Crippen LogP contribution in [-0.4, -0.2) is 28.0 Å². The average molecular weight is 283 g/mol. The Labute approximate surface area is 125 Å². The molecule has 5 nitrogen and oxygen atoms in total. The van der Waals surface area contributed by atoms with Crippen molar-refractivity contribution in [2.45, 2.75) is 18.5 Å². The Hall–Kier alpha value is -2.16. The van der Waals surface area contributed by atoms with Gasteiger partial charge < -0.3 is 10.3 Å². The summed E-state index contributed by atoms with van der Waals surface area (Å²) in [5, 5.41) is 9.44. The van der Waals surface area contributed by atoms with Crippen molar-refractivity contribution in [1.82, 2.24) is 14.5 Å². The fourth-order valence-electron chi connectivity index (χ4n) is 2.24. The third kappa shape index (κ3) is 3.69. The Morgan fingerprint density at radius 2 is 2.10 bits per heavy atom. The molecule has 0 saturated heterocycles. The summed E-state index contributed by atoms with van der Waals surface area (Å²) in [6, 6.07) is 11.8. The molecule has 1 aromatic carbocycles. The topological polar surface area (TPSA) is 70.9 Å². The van der Waals surface area contributed by atoms with Crippen molar-refractivity contribution < 1.29 is 0 Å². The number of aromatic nitrogens is 2. The van der Waals surface area contributed by atoms with Crippen LogP contribution in [0.25, 0.3) is 0 Å². The van der Waals surface area contributed by atoms with Crippen LogP contribution in [0.5, 0.6) is 0 Å². The van der Waals surface area contributed by atoms with Gasteiger partial charge in [-0.1, -0.05) is 30.3 Å². The van der Waals surface area contributed by atoms with Gasteiger partial charge in [0.1, 0.15) is 11.4 Å². The standard InChI is InChI=1S/C16H21N5/c1-20(12-15-19-9-11-21(15)2)10-8-16(18,13-17)14-6-4-3-5-7-14/h3-7,9,11H,8,10,12,18H2,1-2H3. The minimum absolute atomic E-state index is 0.578. The number of rotatable bonds is 6. The molecule has 2 rings (SSSR count). The summed E-state index contributed by atoms with van der Waals surface area (Å²) < 4.78 is 1.99. The molecule has 0 spiro atoms. The van der Waals surface area contributed by atoms with E-state index in [4.69, 9.17) is 5.73 Å². The third-order valence-corrected chi connectivity index (χ3v) is 3.71. The predicted molar refractivity (Wildman–Crippen MR) is 82.1 cm³/mol. The molecule has 0 aliphatic rings. The van der Waals surface area contributed by atoms with Gasteiger partial charge in [-0.25, -0.2) is 4.98 Å². The Bertz CT molecular complexity index is 613. The molecular formula is C16H21N5. The van der Waals surface area contributed by atoms with E-state index in [9.17, 15) is 5.26 Å². The van der Waals surface area contributed by atoms with Gasteiger partial charge in [0.25, 0.3) is 0 Å². The molecular weight excluding hydrogens is 262 g/mol. The summed E-state index contributed by atoms with van der Waals surface area (Å²) >= 11 is 0.